The molecule has 156 valence electrons. The van der Waals surface area contributed by atoms with E-state index < -0.39 is 9.84 Å². The van der Waals surface area contributed by atoms with E-state index in [0.717, 1.165) is 31.2 Å². The molecular weight excluding hydrogens is 382 g/mol. The van der Waals surface area contributed by atoms with Crippen molar-refractivity contribution in [1.29, 1.82) is 0 Å². The highest BCUT2D eigenvalue weighted by Gasteiger charge is 2.39. The molecule has 1 aliphatic carbocycles. The molecule has 1 saturated heterocycles. The van der Waals surface area contributed by atoms with Crippen molar-refractivity contribution in [2.24, 2.45) is 0 Å². The minimum atomic E-state index is -3.07. The molecule has 8 heteroatoms. The van der Waals surface area contributed by atoms with Crippen LogP contribution in [0, 0.1) is 6.92 Å². The van der Waals surface area contributed by atoms with Gasteiger partial charge in [0.1, 0.15) is 0 Å². The van der Waals surface area contributed by atoms with Gasteiger partial charge in [0, 0.05) is 12.1 Å². The number of nitrogens with zero attached hydrogens (tertiary/aromatic N) is 1. The predicted octanol–water partition coefficient (Wildman–Crippen LogP) is 2.35. The van der Waals surface area contributed by atoms with Crippen LogP contribution in [0.3, 0.4) is 0 Å². The topological polar surface area (TPSA) is 82.1 Å². The van der Waals surface area contributed by atoms with E-state index in [2.05, 4.69) is 0 Å². The summed E-state index contributed by atoms with van der Waals surface area (Å²) in [5.41, 5.74) is 0.955. The van der Waals surface area contributed by atoms with Crippen LogP contribution in [0.5, 0.6) is 17.2 Å². The van der Waals surface area contributed by atoms with Gasteiger partial charge in [-0.1, -0.05) is 12.8 Å². The van der Waals surface area contributed by atoms with Crippen LogP contribution >= 0.6 is 0 Å². The molecule has 1 saturated carbocycles. The van der Waals surface area contributed by atoms with Gasteiger partial charge in [0.2, 0.25) is 5.75 Å². The quantitative estimate of drug-likeness (QED) is 0.685. The molecule has 2 aliphatic rings. The summed E-state index contributed by atoms with van der Waals surface area (Å²) in [6.07, 6.45) is 4.46. The van der Waals surface area contributed by atoms with Gasteiger partial charge >= 0.3 is 0 Å². The van der Waals surface area contributed by atoms with E-state index in [9.17, 15) is 13.2 Å². The Morgan fingerprint density at radius 3 is 2.18 bits per heavy atom. The van der Waals surface area contributed by atoms with E-state index in [1.165, 1.54) is 14.2 Å². The number of hydrogen-bond donors (Lipinski definition) is 0. The number of sulfone groups is 1. The number of amides is 1. The van der Waals surface area contributed by atoms with E-state index in [1.807, 2.05) is 19.1 Å². The lowest BCUT2D eigenvalue weighted by Gasteiger charge is -2.34. The average molecular weight is 412 g/mol. The van der Waals surface area contributed by atoms with E-state index in [4.69, 9.17) is 14.2 Å². The Hall–Kier alpha value is -1.96. The maximum atomic E-state index is 13.1. The zero-order valence-electron chi connectivity index (χ0n) is 16.8. The van der Waals surface area contributed by atoms with Gasteiger partial charge in [-0.15, -0.1) is 0 Å². The molecule has 0 N–H and O–H groups in total. The van der Waals surface area contributed by atoms with Gasteiger partial charge in [0.25, 0.3) is 5.91 Å². The average Bonchev–Trinajstić information content (AvgIpc) is 3.30. The molecule has 1 aromatic carbocycles. The lowest BCUT2D eigenvalue weighted by atomic mass is 10.1. The summed E-state index contributed by atoms with van der Waals surface area (Å²) in [5.74, 6) is 1.40. The van der Waals surface area contributed by atoms with Crippen LogP contribution in [0.25, 0.3) is 0 Å². The summed E-state index contributed by atoms with van der Waals surface area (Å²) in [6, 6.07) is 3.48. The van der Waals surface area contributed by atoms with Crippen LogP contribution in [0.1, 0.15) is 37.7 Å². The fourth-order valence-electron chi connectivity index (χ4n) is 4.24. The lowest BCUT2D eigenvalue weighted by molar-refractivity contribution is -0.137. The fourth-order valence-corrected chi connectivity index (χ4v) is 5.96. The minimum absolute atomic E-state index is 0.0480. The van der Waals surface area contributed by atoms with Gasteiger partial charge in [-0.05, 0) is 43.9 Å². The van der Waals surface area contributed by atoms with Gasteiger partial charge in [0.05, 0.1) is 25.7 Å². The van der Waals surface area contributed by atoms with Crippen LogP contribution in [0.15, 0.2) is 12.1 Å². The summed E-state index contributed by atoms with van der Waals surface area (Å²) in [4.78, 5) is 14.9. The third kappa shape index (κ3) is 4.54. The molecule has 28 heavy (non-hydrogen) atoms. The van der Waals surface area contributed by atoms with Crippen molar-refractivity contribution in [3.8, 4) is 17.2 Å². The molecule has 1 heterocycles. The first kappa shape index (κ1) is 20.8. The first-order chi connectivity index (χ1) is 13.3. The van der Waals surface area contributed by atoms with Crippen LogP contribution in [0.4, 0.5) is 0 Å². The molecule has 2 fully saturated rings. The molecule has 1 amide bonds. The van der Waals surface area contributed by atoms with Crippen molar-refractivity contribution in [3.05, 3.63) is 17.7 Å². The molecule has 0 radical (unpaired) electrons. The summed E-state index contributed by atoms with van der Waals surface area (Å²) < 4.78 is 40.5. The second-order valence-corrected chi connectivity index (χ2v) is 9.81. The first-order valence-electron chi connectivity index (χ1n) is 9.71. The Morgan fingerprint density at radius 2 is 1.68 bits per heavy atom. The predicted molar refractivity (Wildman–Crippen MR) is 106 cm³/mol. The molecule has 1 atom stereocenters. The minimum Gasteiger partial charge on any atom is -0.493 e. The molecule has 3 rings (SSSR count). The van der Waals surface area contributed by atoms with Crippen molar-refractivity contribution in [1.82, 2.24) is 4.90 Å². The number of methoxy groups -OCH3 is 2. The van der Waals surface area contributed by atoms with Gasteiger partial charge in [-0.25, -0.2) is 8.42 Å². The molecule has 1 unspecified atom stereocenters. The second-order valence-electron chi connectivity index (χ2n) is 7.58. The molecular formula is C20H29NO6S. The summed E-state index contributed by atoms with van der Waals surface area (Å²) >= 11 is 0. The standard InChI is InChI=1S/C20H29NO6S/c1-14-10-17(25-2)20(18(11-14)26-3)27-12-19(22)21(15-6-4-5-7-15)16-8-9-28(23,24)13-16/h10-11,15-16H,4-9,12-13H2,1-3H3. The number of carbonyl (C=O) groups is 1. The second kappa shape index (κ2) is 8.59. The normalized spacial score (nSPS) is 21.5. The summed E-state index contributed by atoms with van der Waals surface area (Å²) in [6.45, 7) is 1.74. The highest BCUT2D eigenvalue weighted by atomic mass is 32.2. The van der Waals surface area contributed by atoms with Gasteiger partial charge in [0.15, 0.2) is 27.9 Å². The Labute approximate surface area is 166 Å². The van der Waals surface area contributed by atoms with Crippen molar-refractivity contribution in [2.45, 2.75) is 51.1 Å². The zero-order chi connectivity index (χ0) is 20.3. The molecule has 0 bridgehead atoms. The first-order valence-corrected chi connectivity index (χ1v) is 11.5. The number of hydrogen-bond acceptors (Lipinski definition) is 6. The van der Waals surface area contributed by atoms with E-state index in [0.29, 0.717) is 23.7 Å². The summed E-state index contributed by atoms with van der Waals surface area (Å²) in [5, 5.41) is 0. The highest BCUT2D eigenvalue weighted by Crippen LogP contribution is 2.38. The molecule has 1 aliphatic heterocycles. The SMILES string of the molecule is COc1cc(C)cc(OC)c1OCC(=O)N(C1CCCC1)C1CCS(=O)(=O)C1. The van der Waals surface area contributed by atoms with E-state index >= 15 is 0 Å². The maximum absolute atomic E-state index is 13.1. The molecule has 0 aromatic heterocycles. The number of rotatable bonds is 7. The van der Waals surface area contributed by atoms with Crippen molar-refractivity contribution < 1.29 is 27.4 Å². The van der Waals surface area contributed by atoms with Crippen LogP contribution in [0.2, 0.25) is 0 Å². The van der Waals surface area contributed by atoms with Crippen molar-refractivity contribution in [3.63, 3.8) is 0 Å². The van der Waals surface area contributed by atoms with Crippen molar-refractivity contribution >= 4 is 15.7 Å². The molecule has 1 aromatic rings. The Morgan fingerprint density at radius 1 is 1.07 bits per heavy atom. The number of ether oxygens (including phenoxy) is 3. The Balaban J connectivity index is 1.78. The smallest absolute Gasteiger partial charge is 0.261 e. The van der Waals surface area contributed by atoms with Crippen LogP contribution in [-0.4, -0.2) is 63.6 Å². The number of carbonyl (C=O) groups excluding carboxylic acids is 1. The van der Waals surface area contributed by atoms with Crippen LogP contribution < -0.4 is 14.2 Å². The summed E-state index contributed by atoms with van der Waals surface area (Å²) in [7, 11) is 0.00613. The van der Waals surface area contributed by atoms with Crippen molar-refractivity contribution in [2.75, 3.05) is 32.3 Å². The van der Waals surface area contributed by atoms with Gasteiger partial charge in [-0.3, -0.25) is 4.79 Å². The largest absolute Gasteiger partial charge is 0.493 e. The van der Waals surface area contributed by atoms with E-state index in [-0.39, 0.29) is 36.1 Å². The van der Waals surface area contributed by atoms with Gasteiger partial charge < -0.3 is 19.1 Å². The maximum Gasteiger partial charge on any atom is 0.261 e. The van der Waals surface area contributed by atoms with Gasteiger partial charge in [-0.2, -0.15) is 0 Å². The third-order valence-corrected chi connectivity index (χ3v) is 7.30. The Bertz CT molecular complexity index is 791. The Kier molecular flexibility index (Phi) is 6.37. The number of benzene rings is 1. The monoisotopic (exact) mass is 411 g/mol. The third-order valence-electron chi connectivity index (χ3n) is 5.55. The fraction of sp³-hybridized carbons (Fsp3) is 0.650. The molecule has 0 spiro atoms. The van der Waals surface area contributed by atoms with Crippen LogP contribution in [-0.2, 0) is 14.6 Å². The molecule has 7 nitrogen and oxygen atoms in total. The number of aryl methyl sites for hydroxylation is 1. The lowest BCUT2D eigenvalue weighted by Crippen LogP contribution is -2.48. The van der Waals surface area contributed by atoms with E-state index in [1.54, 1.807) is 4.90 Å². The zero-order valence-corrected chi connectivity index (χ0v) is 17.6. The highest BCUT2D eigenvalue weighted by molar-refractivity contribution is 7.91.